The summed E-state index contributed by atoms with van der Waals surface area (Å²) in [6.45, 7) is 0. The van der Waals surface area contributed by atoms with Gasteiger partial charge in [-0.3, -0.25) is 20.4 Å². The number of thioether (sulfide) groups is 1. The van der Waals surface area contributed by atoms with E-state index in [0.29, 0.717) is 10.7 Å². The summed E-state index contributed by atoms with van der Waals surface area (Å²) >= 11 is 0.991. The van der Waals surface area contributed by atoms with Gasteiger partial charge in [-0.25, -0.2) is 18.2 Å². The number of hydrogen-bond donors (Lipinski definition) is 3. The second-order valence-electron chi connectivity index (χ2n) is 5.12. The summed E-state index contributed by atoms with van der Waals surface area (Å²) < 4.78 is 39.1. The van der Waals surface area contributed by atoms with E-state index < -0.39 is 29.3 Å². The molecule has 134 valence electrons. The number of aromatic nitrogens is 2. The van der Waals surface area contributed by atoms with E-state index in [0.717, 1.165) is 36.0 Å². The van der Waals surface area contributed by atoms with Crippen molar-refractivity contribution in [3.63, 3.8) is 0 Å². The zero-order valence-corrected chi connectivity index (χ0v) is 13.8. The number of carbonyl (C=O) groups excluding carboxylic acids is 2. The van der Waals surface area contributed by atoms with Crippen molar-refractivity contribution in [3.05, 3.63) is 59.4 Å². The Morgan fingerprint density at radius 1 is 1.04 bits per heavy atom. The highest BCUT2D eigenvalue weighted by Gasteiger charge is 2.11. The van der Waals surface area contributed by atoms with Gasteiger partial charge in [0.1, 0.15) is 5.82 Å². The van der Waals surface area contributed by atoms with Crippen LogP contribution in [0, 0.1) is 17.5 Å². The van der Waals surface area contributed by atoms with Gasteiger partial charge in [-0.05, 0) is 24.3 Å². The molecular formula is C16H11F3N4O2S. The molecule has 0 atom stereocenters. The van der Waals surface area contributed by atoms with Gasteiger partial charge in [0.15, 0.2) is 16.8 Å². The first-order valence-corrected chi connectivity index (χ1v) is 8.23. The van der Waals surface area contributed by atoms with Crippen LogP contribution in [0.2, 0.25) is 0 Å². The third kappa shape index (κ3) is 4.14. The minimum absolute atomic E-state index is 0.103. The predicted molar refractivity (Wildman–Crippen MR) is 88.7 cm³/mol. The number of benzene rings is 2. The fraction of sp³-hybridized carbons (Fsp3) is 0.0625. The van der Waals surface area contributed by atoms with Gasteiger partial charge in [-0.1, -0.05) is 11.8 Å². The molecule has 0 aliphatic heterocycles. The van der Waals surface area contributed by atoms with Crippen molar-refractivity contribution in [2.45, 2.75) is 5.16 Å². The Morgan fingerprint density at radius 3 is 2.46 bits per heavy atom. The van der Waals surface area contributed by atoms with Gasteiger partial charge in [0, 0.05) is 17.7 Å². The lowest BCUT2D eigenvalue weighted by Gasteiger charge is -2.06. The Bertz CT molecular complexity index is 937. The molecule has 0 aliphatic carbocycles. The van der Waals surface area contributed by atoms with Crippen LogP contribution in [0.25, 0.3) is 11.0 Å². The maximum absolute atomic E-state index is 13.2. The van der Waals surface area contributed by atoms with Crippen LogP contribution in [0.15, 0.2) is 41.6 Å². The van der Waals surface area contributed by atoms with E-state index in [9.17, 15) is 22.8 Å². The van der Waals surface area contributed by atoms with E-state index in [1.165, 1.54) is 12.1 Å². The molecule has 0 bridgehead atoms. The van der Waals surface area contributed by atoms with Gasteiger partial charge in [0.25, 0.3) is 5.91 Å². The van der Waals surface area contributed by atoms with E-state index >= 15 is 0 Å². The van der Waals surface area contributed by atoms with Gasteiger partial charge in [0.2, 0.25) is 5.91 Å². The number of H-pyrrole nitrogens is 1. The molecule has 0 saturated heterocycles. The summed E-state index contributed by atoms with van der Waals surface area (Å²) in [6, 6.07) is 6.73. The number of imidazole rings is 1. The number of amides is 2. The third-order valence-corrected chi connectivity index (χ3v) is 4.14. The van der Waals surface area contributed by atoms with E-state index in [1.54, 1.807) is 0 Å². The van der Waals surface area contributed by atoms with Crippen LogP contribution in [0.4, 0.5) is 13.2 Å². The molecule has 2 aromatic carbocycles. The van der Waals surface area contributed by atoms with Crippen LogP contribution < -0.4 is 10.9 Å². The minimum Gasteiger partial charge on any atom is -0.333 e. The molecule has 6 nitrogen and oxygen atoms in total. The molecule has 26 heavy (non-hydrogen) atoms. The van der Waals surface area contributed by atoms with E-state index in [1.807, 2.05) is 0 Å². The van der Waals surface area contributed by atoms with Crippen molar-refractivity contribution in [2.75, 3.05) is 5.75 Å². The molecule has 0 fully saturated rings. The zero-order valence-electron chi connectivity index (χ0n) is 13.0. The summed E-state index contributed by atoms with van der Waals surface area (Å²) in [4.78, 5) is 30.3. The van der Waals surface area contributed by atoms with Crippen LogP contribution >= 0.6 is 11.8 Å². The number of hydrogen-bond acceptors (Lipinski definition) is 4. The molecule has 0 unspecified atom stereocenters. The maximum Gasteiger partial charge on any atom is 0.269 e. The van der Waals surface area contributed by atoms with Crippen molar-refractivity contribution >= 4 is 34.6 Å². The lowest BCUT2D eigenvalue weighted by Crippen LogP contribution is -2.42. The topological polar surface area (TPSA) is 86.9 Å². The first-order chi connectivity index (χ1) is 12.4. The van der Waals surface area contributed by atoms with Gasteiger partial charge in [-0.2, -0.15) is 0 Å². The number of hydrazine groups is 1. The number of carbonyl (C=O) groups is 2. The van der Waals surface area contributed by atoms with Crippen LogP contribution in [0.5, 0.6) is 0 Å². The van der Waals surface area contributed by atoms with Crippen molar-refractivity contribution in [2.24, 2.45) is 0 Å². The molecule has 3 N–H and O–H groups in total. The summed E-state index contributed by atoms with van der Waals surface area (Å²) in [5.74, 6) is -3.72. The highest BCUT2D eigenvalue weighted by molar-refractivity contribution is 7.99. The first-order valence-electron chi connectivity index (χ1n) is 7.24. The number of nitrogens with zero attached hydrogens (tertiary/aromatic N) is 1. The Hall–Kier alpha value is -3.01. The molecule has 3 rings (SSSR count). The molecule has 1 heterocycles. The number of nitrogens with one attached hydrogen (secondary N) is 3. The van der Waals surface area contributed by atoms with Crippen LogP contribution in [0.1, 0.15) is 10.4 Å². The molecule has 10 heteroatoms. The Kier molecular flexibility index (Phi) is 5.12. The Balaban J connectivity index is 1.52. The van der Waals surface area contributed by atoms with Crippen molar-refractivity contribution in [1.29, 1.82) is 0 Å². The highest BCUT2D eigenvalue weighted by Crippen LogP contribution is 2.21. The molecule has 0 radical (unpaired) electrons. The van der Waals surface area contributed by atoms with E-state index in [4.69, 9.17) is 0 Å². The second kappa shape index (κ2) is 7.48. The summed E-state index contributed by atoms with van der Waals surface area (Å²) in [5.41, 5.74) is 5.11. The molecule has 3 aromatic rings. The van der Waals surface area contributed by atoms with Crippen molar-refractivity contribution < 1.29 is 22.8 Å². The average Bonchev–Trinajstić information content (AvgIpc) is 3.00. The smallest absolute Gasteiger partial charge is 0.269 e. The lowest BCUT2D eigenvalue weighted by molar-refractivity contribution is -0.119. The van der Waals surface area contributed by atoms with Crippen molar-refractivity contribution in [1.82, 2.24) is 20.8 Å². The molecular weight excluding hydrogens is 369 g/mol. The van der Waals surface area contributed by atoms with E-state index in [-0.39, 0.29) is 16.8 Å². The zero-order chi connectivity index (χ0) is 18.7. The van der Waals surface area contributed by atoms with Crippen LogP contribution in [-0.4, -0.2) is 27.5 Å². The quantitative estimate of drug-likeness (QED) is 0.480. The summed E-state index contributed by atoms with van der Waals surface area (Å²) in [7, 11) is 0. The number of rotatable bonds is 4. The number of fused-ring (bicyclic) bond motifs is 1. The van der Waals surface area contributed by atoms with E-state index in [2.05, 4.69) is 20.8 Å². The van der Waals surface area contributed by atoms with Gasteiger partial charge >= 0.3 is 0 Å². The fourth-order valence-corrected chi connectivity index (χ4v) is 2.70. The predicted octanol–water partition coefficient (Wildman–Crippen LogP) is 2.53. The molecule has 1 aromatic heterocycles. The molecule has 0 spiro atoms. The second-order valence-corrected chi connectivity index (χ2v) is 6.09. The molecule has 0 aliphatic rings. The normalized spacial score (nSPS) is 10.7. The SMILES string of the molecule is O=C(CSc1nc2cc(F)c(F)cc2[nH]1)NNC(=O)c1ccc(F)cc1. The first kappa shape index (κ1) is 17.8. The minimum atomic E-state index is -1.01. The fourth-order valence-electron chi connectivity index (χ4n) is 2.02. The summed E-state index contributed by atoms with van der Waals surface area (Å²) in [6.07, 6.45) is 0. The average molecular weight is 380 g/mol. The number of aromatic amines is 1. The molecule has 2 amide bonds. The highest BCUT2D eigenvalue weighted by atomic mass is 32.2. The third-order valence-electron chi connectivity index (χ3n) is 3.26. The lowest BCUT2D eigenvalue weighted by atomic mass is 10.2. The summed E-state index contributed by atoms with van der Waals surface area (Å²) in [5, 5.41) is 0.296. The standard InChI is InChI=1S/C16H11F3N4O2S/c17-9-3-1-8(2-4-9)15(25)23-22-14(24)7-26-16-20-12-5-10(18)11(19)6-13(12)21-16/h1-6H,7H2,(H,20,21)(H,22,24)(H,23,25). The van der Waals surface area contributed by atoms with Crippen LogP contribution in [0.3, 0.4) is 0 Å². The van der Waals surface area contributed by atoms with Crippen molar-refractivity contribution in [3.8, 4) is 0 Å². The van der Waals surface area contributed by atoms with Gasteiger partial charge in [0.05, 0.1) is 16.8 Å². The van der Waals surface area contributed by atoms with Crippen LogP contribution in [-0.2, 0) is 4.79 Å². The molecule has 0 saturated carbocycles. The van der Waals surface area contributed by atoms with Gasteiger partial charge in [-0.15, -0.1) is 0 Å². The number of halogens is 3. The largest absolute Gasteiger partial charge is 0.333 e. The van der Waals surface area contributed by atoms with Gasteiger partial charge < -0.3 is 4.98 Å². The Labute approximate surface area is 149 Å². The maximum atomic E-state index is 13.2. The monoisotopic (exact) mass is 380 g/mol. The Morgan fingerprint density at radius 2 is 1.73 bits per heavy atom.